The zero-order chi connectivity index (χ0) is 17.9. The maximum Gasteiger partial charge on any atom is 0.126 e. The second-order valence-electron chi connectivity index (χ2n) is 6.78. The number of aromatic nitrogens is 5. The van der Waals surface area contributed by atoms with Crippen LogP contribution in [0.3, 0.4) is 0 Å². The van der Waals surface area contributed by atoms with Crippen LogP contribution in [0.4, 0.5) is 0 Å². The highest BCUT2D eigenvalue weighted by molar-refractivity contribution is 5.13. The largest absolute Gasteiger partial charge is 0.370 e. The van der Waals surface area contributed by atoms with E-state index in [-0.39, 0.29) is 6.04 Å². The third-order valence-electron chi connectivity index (χ3n) is 4.91. The average Bonchev–Trinajstić information content (AvgIpc) is 3.25. The molecule has 0 aromatic carbocycles. The summed E-state index contributed by atoms with van der Waals surface area (Å²) >= 11 is 0. The van der Waals surface area contributed by atoms with Crippen molar-refractivity contribution in [2.24, 2.45) is 7.05 Å². The summed E-state index contributed by atoms with van der Waals surface area (Å²) in [6, 6.07) is 4.23. The van der Waals surface area contributed by atoms with E-state index in [0.29, 0.717) is 13.2 Å². The number of pyridine rings is 1. The first-order valence-corrected chi connectivity index (χ1v) is 8.93. The van der Waals surface area contributed by atoms with Gasteiger partial charge in [-0.3, -0.25) is 14.6 Å². The van der Waals surface area contributed by atoms with Gasteiger partial charge >= 0.3 is 0 Å². The normalized spacial score (nSPS) is 17.4. The van der Waals surface area contributed by atoms with E-state index in [1.54, 1.807) is 12.4 Å². The van der Waals surface area contributed by atoms with Crippen LogP contribution in [0.1, 0.15) is 35.6 Å². The molecule has 0 fully saturated rings. The lowest BCUT2D eigenvalue weighted by Crippen LogP contribution is -2.37. The van der Waals surface area contributed by atoms with Gasteiger partial charge in [0.25, 0.3) is 0 Å². The molecule has 7 nitrogen and oxygen atoms in total. The van der Waals surface area contributed by atoms with Crippen molar-refractivity contribution in [1.29, 1.82) is 0 Å². The third-order valence-corrected chi connectivity index (χ3v) is 4.91. The van der Waals surface area contributed by atoms with Gasteiger partial charge in [0.2, 0.25) is 0 Å². The summed E-state index contributed by atoms with van der Waals surface area (Å²) in [5, 5.41) is 4.26. The summed E-state index contributed by atoms with van der Waals surface area (Å²) in [5.41, 5.74) is 3.51. The molecule has 4 heterocycles. The molecule has 7 heteroatoms. The Labute approximate surface area is 153 Å². The van der Waals surface area contributed by atoms with Crippen LogP contribution in [-0.2, 0) is 38.1 Å². The Morgan fingerprint density at radius 1 is 1.12 bits per heavy atom. The minimum atomic E-state index is 0.276. The van der Waals surface area contributed by atoms with Crippen LogP contribution in [0.25, 0.3) is 0 Å². The van der Waals surface area contributed by atoms with Gasteiger partial charge in [0.1, 0.15) is 5.82 Å². The highest BCUT2D eigenvalue weighted by atomic mass is 16.5. The number of hydrogen-bond donors (Lipinski definition) is 0. The van der Waals surface area contributed by atoms with Gasteiger partial charge in [0, 0.05) is 50.8 Å². The molecule has 1 aliphatic rings. The van der Waals surface area contributed by atoms with Crippen molar-refractivity contribution in [3.8, 4) is 0 Å². The molecule has 26 heavy (non-hydrogen) atoms. The predicted octanol–water partition coefficient (Wildman–Crippen LogP) is 2.31. The van der Waals surface area contributed by atoms with E-state index in [0.717, 1.165) is 36.7 Å². The highest BCUT2D eigenvalue weighted by Gasteiger charge is 2.27. The lowest BCUT2D eigenvalue weighted by molar-refractivity contribution is 0.0970. The van der Waals surface area contributed by atoms with Gasteiger partial charge in [-0.05, 0) is 24.6 Å². The quantitative estimate of drug-likeness (QED) is 0.681. The number of hydrogen-bond acceptors (Lipinski definition) is 5. The molecule has 0 amide bonds. The summed E-state index contributed by atoms with van der Waals surface area (Å²) in [5.74, 6) is 1.11. The average molecular weight is 352 g/mol. The first-order chi connectivity index (χ1) is 12.7. The van der Waals surface area contributed by atoms with E-state index in [9.17, 15) is 0 Å². The van der Waals surface area contributed by atoms with Gasteiger partial charge in [-0.25, -0.2) is 4.98 Å². The summed E-state index contributed by atoms with van der Waals surface area (Å²) in [4.78, 5) is 11.1. The zero-order valence-corrected chi connectivity index (χ0v) is 15.2. The second kappa shape index (κ2) is 7.39. The fourth-order valence-electron chi connectivity index (χ4n) is 3.48. The van der Waals surface area contributed by atoms with Gasteiger partial charge in [0.05, 0.1) is 37.3 Å². The van der Waals surface area contributed by atoms with Crippen LogP contribution in [-0.4, -0.2) is 35.8 Å². The topological polar surface area (TPSA) is 61.0 Å². The predicted molar refractivity (Wildman–Crippen MR) is 97.0 cm³/mol. The lowest BCUT2D eigenvalue weighted by Gasteiger charge is -2.34. The molecule has 0 spiro atoms. The second-order valence-corrected chi connectivity index (χ2v) is 6.78. The van der Waals surface area contributed by atoms with Crippen molar-refractivity contribution >= 4 is 0 Å². The summed E-state index contributed by atoms with van der Waals surface area (Å²) in [6.45, 7) is 6.22. The van der Waals surface area contributed by atoms with Gasteiger partial charge in [-0.2, -0.15) is 5.10 Å². The molecule has 0 unspecified atom stereocenters. The lowest BCUT2D eigenvalue weighted by atomic mass is 10.2. The fourth-order valence-corrected chi connectivity index (χ4v) is 3.48. The number of aryl methyl sites for hydroxylation is 1. The molecular formula is C19H24N6O. The molecule has 3 aromatic rings. The standard InChI is InChI=1S/C19H24N6O/c1-15-19-21-10-18(14-26-13-16-3-5-20-6-4-16)25(19)8-7-24(15)12-17-9-22-23(2)11-17/h3-6,9-11,15H,7-8,12-14H2,1-2H3/t15-/m1/s1. The molecule has 0 bridgehead atoms. The van der Waals surface area contributed by atoms with Crippen molar-refractivity contribution in [3.05, 3.63) is 65.8 Å². The molecule has 0 saturated heterocycles. The molecule has 4 rings (SSSR count). The van der Waals surface area contributed by atoms with Crippen molar-refractivity contribution in [2.45, 2.75) is 39.3 Å². The van der Waals surface area contributed by atoms with Gasteiger partial charge in [-0.15, -0.1) is 0 Å². The zero-order valence-electron chi connectivity index (χ0n) is 15.2. The van der Waals surface area contributed by atoms with Crippen LogP contribution in [0.15, 0.2) is 43.1 Å². The number of nitrogens with zero attached hydrogens (tertiary/aromatic N) is 6. The fraction of sp³-hybridized carbons (Fsp3) is 0.421. The molecular weight excluding hydrogens is 328 g/mol. The van der Waals surface area contributed by atoms with Gasteiger partial charge < -0.3 is 9.30 Å². The number of rotatable bonds is 6. The van der Waals surface area contributed by atoms with Crippen LogP contribution >= 0.6 is 0 Å². The Hall–Kier alpha value is -2.51. The maximum absolute atomic E-state index is 5.88. The van der Waals surface area contributed by atoms with Crippen LogP contribution in [0.5, 0.6) is 0 Å². The monoisotopic (exact) mass is 352 g/mol. The van der Waals surface area contributed by atoms with Crippen molar-refractivity contribution in [1.82, 2.24) is 29.2 Å². The van der Waals surface area contributed by atoms with E-state index < -0.39 is 0 Å². The Morgan fingerprint density at radius 3 is 2.73 bits per heavy atom. The molecule has 3 aromatic heterocycles. The minimum Gasteiger partial charge on any atom is -0.370 e. The molecule has 0 aliphatic carbocycles. The molecule has 136 valence electrons. The molecule has 0 saturated carbocycles. The highest BCUT2D eigenvalue weighted by Crippen LogP contribution is 2.27. The van der Waals surface area contributed by atoms with Crippen LogP contribution in [0.2, 0.25) is 0 Å². The SMILES string of the molecule is C[C@@H]1c2ncc(COCc3ccncc3)n2CCN1Cc1cnn(C)c1. The third kappa shape index (κ3) is 3.54. The first kappa shape index (κ1) is 16.9. The summed E-state index contributed by atoms with van der Waals surface area (Å²) in [6.07, 6.45) is 9.54. The van der Waals surface area contributed by atoms with E-state index in [1.165, 1.54) is 5.56 Å². The molecule has 0 radical (unpaired) electrons. The smallest absolute Gasteiger partial charge is 0.126 e. The van der Waals surface area contributed by atoms with Gasteiger partial charge in [0.15, 0.2) is 0 Å². The summed E-state index contributed by atoms with van der Waals surface area (Å²) < 4.78 is 10.0. The number of imidazole rings is 1. The number of fused-ring (bicyclic) bond motifs is 1. The summed E-state index contributed by atoms with van der Waals surface area (Å²) in [7, 11) is 1.95. The molecule has 1 atom stereocenters. The number of ether oxygens (including phenoxy) is 1. The van der Waals surface area contributed by atoms with E-state index in [2.05, 4.69) is 37.7 Å². The Morgan fingerprint density at radius 2 is 1.96 bits per heavy atom. The van der Waals surface area contributed by atoms with E-state index in [1.807, 2.05) is 36.3 Å². The Bertz CT molecular complexity index is 856. The Kier molecular flexibility index (Phi) is 4.81. The minimum absolute atomic E-state index is 0.276. The van der Waals surface area contributed by atoms with Gasteiger partial charge in [-0.1, -0.05) is 0 Å². The maximum atomic E-state index is 5.88. The van der Waals surface area contributed by atoms with Crippen LogP contribution in [0, 0.1) is 0 Å². The Balaban J connectivity index is 1.39. The van der Waals surface area contributed by atoms with E-state index >= 15 is 0 Å². The van der Waals surface area contributed by atoms with Crippen LogP contribution < -0.4 is 0 Å². The van der Waals surface area contributed by atoms with Crippen molar-refractivity contribution in [3.63, 3.8) is 0 Å². The van der Waals surface area contributed by atoms with E-state index in [4.69, 9.17) is 4.74 Å². The first-order valence-electron chi connectivity index (χ1n) is 8.93. The molecule has 1 aliphatic heterocycles. The van der Waals surface area contributed by atoms with Crippen molar-refractivity contribution < 1.29 is 4.74 Å². The van der Waals surface area contributed by atoms with Crippen molar-refractivity contribution in [2.75, 3.05) is 6.54 Å². The molecule has 0 N–H and O–H groups in total.